The van der Waals surface area contributed by atoms with Crippen molar-refractivity contribution < 1.29 is 4.79 Å². The highest BCUT2D eigenvalue weighted by Crippen LogP contribution is 2.50. The molecule has 0 radical (unpaired) electrons. The number of likely N-dealkylation sites (tertiary alicyclic amines) is 1. The number of nitrogens with one attached hydrogen (secondary N) is 1. The summed E-state index contributed by atoms with van der Waals surface area (Å²) in [4.78, 5) is 17.8. The van der Waals surface area contributed by atoms with Gasteiger partial charge in [0.2, 0.25) is 5.91 Å². The van der Waals surface area contributed by atoms with Crippen molar-refractivity contribution in [1.82, 2.24) is 15.1 Å². The third kappa shape index (κ3) is 3.36. The van der Waals surface area contributed by atoms with Crippen LogP contribution in [0.2, 0.25) is 0 Å². The Kier molecular flexibility index (Phi) is 5.55. The summed E-state index contributed by atoms with van der Waals surface area (Å²) in [6.07, 6.45) is 3.12. The van der Waals surface area contributed by atoms with E-state index in [9.17, 15) is 4.79 Å². The van der Waals surface area contributed by atoms with Crippen LogP contribution in [0.3, 0.4) is 0 Å². The van der Waals surface area contributed by atoms with Crippen LogP contribution in [-0.4, -0.2) is 61.0 Å². The van der Waals surface area contributed by atoms with Crippen LogP contribution in [-0.2, 0) is 10.2 Å². The van der Waals surface area contributed by atoms with Gasteiger partial charge in [0.15, 0.2) is 0 Å². The Bertz CT molecular complexity index is 602. The van der Waals surface area contributed by atoms with Crippen molar-refractivity contribution in [3.8, 4) is 0 Å². The Balaban J connectivity index is 0.00000169. The van der Waals surface area contributed by atoms with Crippen LogP contribution in [0.25, 0.3) is 0 Å². The minimum absolute atomic E-state index is 0. The molecule has 1 atom stereocenters. The van der Waals surface area contributed by atoms with E-state index in [0.29, 0.717) is 11.9 Å². The third-order valence-electron chi connectivity index (χ3n) is 5.66. The van der Waals surface area contributed by atoms with Gasteiger partial charge in [0.1, 0.15) is 0 Å². The summed E-state index contributed by atoms with van der Waals surface area (Å²) in [6.45, 7) is 6.21. The highest BCUT2D eigenvalue weighted by molar-refractivity contribution is 9.10. The Morgan fingerprint density at radius 3 is 2.62 bits per heavy atom. The minimum Gasteiger partial charge on any atom is -0.340 e. The van der Waals surface area contributed by atoms with Gasteiger partial charge < -0.3 is 10.2 Å². The van der Waals surface area contributed by atoms with Gasteiger partial charge in [-0.1, -0.05) is 28.1 Å². The van der Waals surface area contributed by atoms with Gasteiger partial charge in [-0.3, -0.25) is 9.69 Å². The lowest BCUT2D eigenvalue weighted by atomic mass is 9.94. The molecular weight excluding hydrogens is 390 g/mol. The number of halogens is 2. The molecule has 0 bridgehead atoms. The highest BCUT2D eigenvalue weighted by Gasteiger charge is 2.53. The molecule has 2 aliphatic heterocycles. The monoisotopic (exact) mass is 413 g/mol. The fourth-order valence-electron chi connectivity index (χ4n) is 4.11. The van der Waals surface area contributed by atoms with Crippen LogP contribution in [0.15, 0.2) is 28.7 Å². The number of hydrogen-bond donors (Lipinski definition) is 1. The van der Waals surface area contributed by atoms with Gasteiger partial charge in [-0.25, -0.2) is 0 Å². The first-order valence-corrected chi connectivity index (χ1v) is 9.48. The molecule has 2 saturated heterocycles. The van der Waals surface area contributed by atoms with Gasteiger partial charge in [-0.2, -0.15) is 0 Å². The summed E-state index contributed by atoms with van der Waals surface area (Å²) in [6, 6.07) is 8.86. The lowest BCUT2D eigenvalue weighted by Gasteiger charge is -2.33. The van der Waals surface area contributed by atoms with E-state index in [2.05, 4.69) is 43.2 Å². The summed E-state index contributed by atoms with van der Waals surface area (Å²) in [5.41, 5.74) is 0.949. The second kappa shape index (κ2) is 7.32. The number of piperazine rings is 1. The van der Waals surface area contributed by atoms with E-state index in [4.69, 9.17) is 0 Å². The van der Waals surface area contributed by atoms with Crippen molar-refractivity contribution in [3.05, 3.63) is 34.3 Å². The SMILES string of the molecule is Cl.O=C(N1CCC(N2CCNCC2)C1)C1(c2cccc(Br)c2)CC1. The van der Waals surface area contributed by atoms with E-state index in [1.54, 1.807) is 0 Å². The second-order valence-corrected chi connectivity index (χ2v) is 7.99. The predicted molar refractivity (Wildman–Crippen MR) is 102 cm³/mol. The fraction of sp³-hybridized carbons (Fsp3) is 0.611. The third-order valence-corrected chi connectivity index (χ3v) is 6.15. The van der Waals surface area contributed by atoms with Gasteiger partial charge in [-0.15, -0.1) is 12.4 Å². The standard InChI is InChI=1S/C18H24BrN3O.ClH/c19-15-3-1-2-14(12-15)18(5-6-18)17(23)22-9-4-16(13-22)21-10-7-20-8-11-21;/h1-3,12,16,20H,4-11,13H2;1H. The number of carbonyl (C=O) groups is 1. The summed E-state index contributed by atoms with van der Waals surface area (Å²) in [5, 5.41) is 3.41. The molecule has 1 aromatic carbocycles. The maximum atomic E-state index is 13.1. The Hall–Kier alpha value is -0.620. The number of nitrogens with zero attached hydrogens (tertiary/aromatic N) is 2. The number of benzene rings is 1. The molecule has 1 aliphatic carbocycles. The minimum atomic E-state index is -0.234. The zero-order valence-electron chi connectivity index (χ0n) is 13.8. The van der Waals surface area contributed by atoms with Crippen molar-refractivity contribution >= 4 is 34.2 Å². The lowest BCUT2D eigenvalue weighted by molar-refractivity contribution is -0.133. The fourth-order valence-corrected chi connectivity index (χ4v) is 4.51. The zero-order chi connectivity index (χ0) is 15.9. The van der Waals surface area contributed by atoms with Crippen LogP contribution in [0, 0.1) is 0 Å². The quantitative estimate of drug-likeness (QED) is 0.825. The molecule has 0 aromatic heterocycles. The van der Waals surface area contributed by atoms with Crippen molar-refractivity contribution in [1.29, 1.82) is 0 Å². The summed E-state index contributed by atoms with van der Waals surface area (Å²) < 4.78 is 1.06. The van der Waals surface area contributed by atoms with Crippen molar-refractivity contribution in [2.75, 3.05) is 39.3 Å². The highest BCUT2D eigenvalue weighted by atomic mass is 79.9. The number of rotatable bonds is 3. The van der Waals surface area contributed by atoms with Crippen LogP contribution in [0.1, 0.15) is 24.8 Å². The smallest absolute Gasteiger partial charge is 0.233 e. The molecule has 4 rings (SSSR count). The van der Waals surface area contributed by atoms with E-state index in [0.717, 1.165) is 63.0 Å². The van der Waals surface area contributed by atoms with Gasteiger partial charge in [0, 0.05) is 49.8 Å². The molecule has 24 heavy (non-hydrogen) atoms. The van der Waals surface area contributed by atoms with E-state index in [-0.39, 0.29) is 17.8 Å². The van der Waals surface area contributed by atoms with E-state index in [1.807, 2.05) is 12.1 Å². The first kappa shape index (κ1) is 18.2. The summed E-state index contributed by atoms with van der Waals surface area (Å²) in [5.74, 6) is 0.355. The van der Waals surface area contributed by atoms with Gasteiger partial charge in [0.05, 0.1) is 5.41 Å². The lowest BCUT2D eigenvalue weighted by Crippen LogP contribution is -2.49. The van der Waals surface area contributed by atoms with Gasteiger partial charge in [-0.05, 0) is 37.0 Å². The maximum absolute atomic E-state index is 13.1. The second-order valence-electron chi connectivity index (χ2n) is 7.07. The van der Waals surface area contributed by atoms with Crippen molar-refractivity contribution in [2.24, 2.45) is 0 Å². The molecule has 2 heterocycles. The molecule has 0 spiro atoms. The molecule has 6 heteroatoms. The number of hydrogen-bond acceptors (Lipinski definition) is 3. The van der Waals surface area contributed by atoms with Crippen LogP contribution < -0.4 is 5.32 Å². The van der Waals surface area contributed by atoms with Crippen molar-refractivity contribution in [3.63, 3.8) is 0 Å². The largest absolute Gasteiger partial charge is 0.340 e. The Labute approximate surface area is 158 Å². The molecule has 1 amide bonds. The topological polar surface area (TPSA) is 35.6 Å². The molecule has 3 aliphatic rings. The molecular formula is C18H25BrClN3O. The Morgan fingerprint density at radius 1 is 1.21 bits per heavy atom. The summed E-state index contributed by atoms with van der Waals surface area (Å²) in [7, 11) is 0. The maximum Gasteiger partial charge on any atom is 0.233 e. The average molecular weight is 415 g/mol. The van der Waals surface area contributed by atoms with E-state index < -0.39 is 0 Å². The molecule has 1 aromatic rings. The molecule has 1 unspecified atom stereocenters. The molecule has 3 fully saturated rings. The van der Waals surface area contributed by atoms with Crippen molar-refractivity contribution in [2.45, 2.75) is 30.7 Å². The molecule has 1 N–H and O–H groups in total. The Morgan fingerprint density at radius 2 is 1.96 bits per heavy atom. The van der Waals surface area contributed by atoms with E-state index in [1.165, 1.54) is 5.56 Å². The van der Waals surface area contributed by atoms with Crippen LogP contribution in [0.5, 0.6) is 0 Å². The predicted octanol–water partition coefficient (Wildman–Crippen LogP) is 2.41. The number of amides is 1. The van der Waals surface area contributed by atoms with Gasteiger partial charge in [0.25, 0.3) is 0 Å². The summed E-state index contributed by atoms with van der Waals surface area (Å²) >= 11 is 3.54. The molecule has 132 valence electrons. The zero-order valence-corrected chi connectivity index (χ0v) is 16.2. The first-order valence-electron chi connectivity index (χ1n) is 8.69. The normalized spacial score (nSPS) is 26.0. The van der Waals surface area contributed by atoms with Crippen LogP contribution >= 0.6 is 28.3 Å². The van der Waals surface area contributed by atoms with Gasteiger partial charge >= 0.3 is 0 Å². The first-order chi connectivity index (χ1) is 11.2. The molecule has 4 nitrogen and oxygen atoms in total. The molecule has 1 saturated carbocycles. The average Bonchev–Trinajstić information content (AvgIpc) is 3.25. The van der Waals surface area contributed by atoms with E-state index >= 15 is 0 Å². The van der Waals surface area contributed by atoms with Crippen LogP contribution in [0.4, 0.5) is 0 Å². The number of carbonyl (C=O) groups excluding carboxylic acids is 1.